The van der Waals surface area contributed by atoms with Crippen molar-refractivity contribution in [2.75, 3.05) is 11.6 Å². The van der Waals surface area contributed by atoms with E-state index >= 15 is 0 Å². The van der Waals surface area contributed by atoms with Crippen molar-refractivity contribution in [3.05, 3.63) is 35.3 Å². The van der Waals surface area contributed by atoms with Gasteiger partial charge in [-0.2, -0.15) is 13.9 Å². The van der Waals surface area contributed by atoms with Crippen LogP contribution in [0.15, 0.2) is 23.4 Å². The maximum atomic E-state index is 14.0. The molecule has 2 N–H and O–H groups in total. The van der Waals surface area contributed by atoms with Crippen molar-refractivity contribution in [1.29, 1.82) is 4.78 Å². The molecule has 3 rings (SSSR count). The number of halogens is 4. The topological polar surface area (TPSA) is 101 Å². The van der Waals surface area contributed by atoms with Gasteiger partial charge in [0.1, 0.15) is 16.4 Å². The number of nitrogens with one attached hydrogen (secondary N) is 2. The van der Waals surface area contributed by atoms with E-state index < -0.39 is 51.4 Å². The van der Waals surface area contributed by atoms with Crippen LogP contribution in [-0.2, 0) is 22.2 Å². The van der Waals surface area contributed by atoms with Gasteiger partial charge in [-0.25, -0.2) is 22.8 Å². The van der Waals surface area contributed by atoms with Gasteiger partial charge in [-0.05, 0) is 24.5 Å². The summed E-state index contributed by atoms with van der Waals surface area (Å²) in [6.45, 7) is 3.44. The average molecular weight is 461 g/mol. The molecule has 170 valence electrons. The van der Waals surface area contributed by atoms with Gasteiger partial charge in [0.2, 0.25) is 5.92 Å². The van der Waals surface area contributed by atoms with Gasteiger partial charge in [0.05, 0.1) is 9.73 Å². The van der Waals surface area contributed by atoms with Gasteiger partial charge in [0.15, 0.2) is 0 Å². The lowest BCUT2D eigenvalue weighted by atomic mass is 9.67. The van der Waals surface area contributed by atoms with Crippen LogP contribution in [0.5, 0.6) is 0 Å². The minimum atomic E-state index is -3.34. The second-order valence-electron chi connectivity index (χ2n) is 8.57. The summed E-state index contributed by atoms with van der Waals surface area (Å²) in [5.41, 5.74) is -1.57. The first kappa shape index (κ1) is 23.2. The van der Waals surface area contributed by atoms with Gasteiger partial charge >= 0.3 is 0 Å². The summed E-state index contributed by atoms with van der Waals surface area (Å²) in [7, 11) is -3.14. The van der Waals surface area contributed by atoms with Crippen LogP contribution in [0.1, 0.15) is 48.4 Å². The molecule has 1 unspecified atom stereocenters. The zero-order valence-corrected chi connectivity index (χ0v) is 18.2. The number of pyridine rings is 1. The highest BCUT2D eigenvalue weighted by atomic mass is 32.2. The maximum absolute atomic E-state index is 14.0. The van der Waals surface area contributed by atoms with E-state index in [9.17, 15) is 26.6 Å². The molecule has 0 bridgehead atoms. The number of nitrogens with zero attached hydrogens (tertiary/aromatic N) is 3. The fraction of sp³-hybridized carbons (Fsp3) is 0.526. The molecule has 0 aromatic carbocycles. The zero-order valence-electron chi connectivity index (χ0n) is 17.4. The average Bonchev–Trinajstić information content (AvgIpc) is 2.88. The number of alkyl halides is 4. The van der Waals surface area contributed by atoms with Crippen LogP contribution in [0.2, 0.25) is 0 Å². The minimum absolute atomic E-state index is 0.0551. The van der Waals surface area contributed by atoms with Crippen molar-refractivity contribution in [3.63, 3.8) is 0 Å². The molecule has 1 saturated carbocycles. The lowest BCUT2D eigenvalue weighted by molar-refractivity contribution is -0.160. The van der Waals surface area contributed by atoms with E-state index in [-0.39, 0.29) is 28.5 Å². The molecule has 0 saturated heterocycles. The molecule has 0 aliphatic heterocycles. The predicted octanol–water partition coefficient (Wildman–Crippen LogP) is 4.42. The number of carbonyl (C=O) groups excluding carboxylic acids is 1. The lowest BCUT2D eigenvalue weighted by Crippen LogP contribution is -2.47. The Balaban J connectivity index is 1.97. The van der Waals surface area contributed by atoms with E-state index in [4.69, 9.17) is 4.78 Å². The Hall–Kier alpha value is -2.50. The molecule has 31 heavy (non-hydrogen) atoms. The molecule has 7 nitrogen and oxygen atoms in total. The number of hydrogen-bond donors (Lipinski definition) is 2. The molecule has 0 radical (unpaired) electrons. The third-order valence-electron chi connectivity index (χ3n) is 5.11. The van der Waals surface area contributed by atoms with E-state index in [2.05, 4.69) is 15.4 Å². The molecule has 2 aromatic heterocycles. The van der Waals surface area contributed by atoms with E-state index in [1.807, 2.05) is 0 Å². The van der Waals surface area contributed by atoms with Gasteiger partial charge in [-0.3, -0.25) is 9.48 Å². The summed E-state index contributed by atoms with van der Waals surface area (Å²) < 4.78 is 75.5. The Morgan fingerprint density at radius 1 is 1.39 bits per heavy atom. The standard InChI is InChI=1S/C19H23F4N5O2S/c1-11-14(16(29)26-12-5-6-25-13(7-12)31(4,24)30)28(27-15(11)18(3,20)21)10-17(2)8-19(22,23)9-17/h5-7,24H,8-10H2,1-4H3,(H,25,26,29). The second-order valence-corrected chi connectivity index (χ2v) is 10.7. The molecule has 1 aliphatic rings. The number of hydrogen-bond acceptors (Lipinski definition) is 5. The predicted molar refractivity (Wildman–Crippen MR) is 106 cm³/mol. The summed E-state index contributed by atoms with van der Waals surface area (Å²) in [6, 6.07) is 2.65. The highest BCUT2D eigenvalue weighted by Gasteiger charge is 2.54. The summed E-state index contributed by atoms with van der Waals surface area (Å²) in [4.78, 5) is 16.8. The minimum Gasteiger partial charge on any atom is -0.321 e. The van der Waals surface area contributed by atoms with Crippen LogP contribution in [0.3, 0.4) is 0 Å². The van der Waals surface area contributed by atoms with Crippen molar-refractivity contribution in [2.45, 2.75) is 57.0 Å². The van der Waals surface area contributed by atoms with E-state index in [1.54, 1.807) is 6.92 Å². The Bertz CT molecular complexity index is 1130. The smallest absolute Gasteiger partial charge is 0.289 e. The summed E-state index contributed by atoms with van der Waals surface area (Å²) in [5, 5.41) is 6.35. The highest BCUT2D eigenvalue weighted by molar-refractivity contribution is 7.91. The van der Waals surface area contributed by atoms with Crippen LogP contribution in [0.4, 0.5) is 23.2 Å². The first-order chi connectivity index (χ1) is 14.0. The molecule has 0 spiro atoms. The first-order valence-corrected chi connectivity index (χ1v) is 11.3. The number of amides is 1. The summed E-state index contributed by atoms with van der Waals surface area (Å²) >= 11 is 0. The second kappa shape index (κ2) is 7.28. The van der Waals surface area contributed by atoms with Gasteiger partial charge < -0.3 is 5.32 Å². The molecule has 2 aromatic rings. The molecular weight excluding hydrogens is 438 g/mol. The number of anilines is 1. The lowest BCUT2D eigenvalue weighted by Gasteiger charge is -2.44. The zero-order chi connectivity index (χ0) is 23.4. The Labute approximate surface area is 177 Å². The van der Waals surface area contributed by atoms with Gasteiger partial charge in [0, 0.05) is 50.0 Å². The van der Waals surface area contributed by atoms with Crippen LogP contribution in [-0.4, -0.2) is 37.1 Å². The van der Waals surface area contributed by atoms with Crippen LogP contribution >= 0.6 is 0 Å². The van der Waals surface area contributed by atoms with Crippen molar-refractivity contribution in [2.24, 2.45) is 5.41 Å². The van der Waals surface area contributed by atoms with E-state index in [0.717, 1.165) is 4.68 Å². The fourth-order valence-electron chi connectivity index (χ4n) is 3.93. The van der Waals surface area contributed by atoms with E-state index in [1.165, 1.54) is 31.5 Å². The summed E-state index contributed by atoms with van der Waals surface area (Å²) in [5.74, 6) is -6.94. The normalized spacial score (nSPS) is 19.4. The number of aromatic nitrogens is 3. The fourth-order valence-corrected chi connectivity index (χ4v) is 4.55. The molecule has 1 aliphatic carbocycles. The van der Waals surface area contributed by atoms with Crippen molar-refractivity contribution < 1.29 is 26.6 Å². The molecule has 1 amide bonds. The highest BCUT2D eigenvalue weighted by Crippen LogP contribution is 2.52. The molecule has 1 atom stereocenters. The van der Waals surface area contributed by atoms with E-state index in [0.29, 0.717) is 6.92 Å². The van der Waals surface area contributed by atoms with Crippen molar-refractivity contribution in [1.82, 2.24) is 14.8 Å². The van der Waals surface area contributed by atoms with Crippen molar-refractivity contribution >= 4 is 21.3 Å². The van der Waals surface area contributed by atoms with Gasteiger partial charge in [-0.15, -0.1) is 0 Å². The Morgan fingerprint density at radius 2 is 2.00 bits per heavy atom. The Kier molecular flexibility index (Phi) is 5.44. The third kappa shape index (κ3) is 4.89. The largest absolute Gasteiger partial charge is 0.321 e. The van der Waals surface area contributed by atoms with Gasteiger partial charge in [0.25, 0.3) is 11.8 Å². The van der Waals surface area contributed by atoms with Gasteiger partial charge in [-0.1, -0.05) is 6.92 Å². The molecule has 12 heteroatoms. The Morgan fingerprint density at radius 3 is 2.52 bits per heavy atom. The monoisotopic (exact) mass is 461 g/mol. The van der Waals surface area contributed by atoms with Crippen LogP contribution in [0, 0.1) is 17.1 Å². The molecular formula is C19H23F4N5O2S. The SMILES string of the molecule is Cc1c(C(C)(F)F)nn(CC2(C)CC(F)(F)C2)c1C(=O)Nc1ccnc(S(C)(=N)=O)c1. The third-order valence-corrected chi connectivity index (χ3v) is 6.14. The molecule has 1 fully saturated rings. The van der Waals surface area contributed by atoms with Crippen LogP contribution in [0.25, 0.3) is 0 Å². The maximum Gasteiger partial charge on any atom is 0.289 e. The van der Waals surface area contributed by atoms with Crippen LogP contribution < -0.4 is 5.32 Å². The first-order valence-electron chi connectivity index (χ1n) is 9.36. The number of rotatable bonds is 6. The quantitative estimate of drug-likeness (QED) is 0.622. The molecule has 2 heterocycles. The summed E-state index contributed by atoms with van der Waals surface area (Å²) in [6.07, 6.45) is 1.57. The van der Waals surface area contributed by atoms with Crippen molar-refractivity contribution in [3.8, 4) is 0 Å². The number of carbonyl (C=O) groups is 1.